The molecule has 0 radical (unpaired) electrons. The van der Waals surface area contributed by atoms with Crippen molar-refractivity contribution in [1.82, 2.24) is 5.32 Å². The van der Waals surface area contributed by atoms with Crippen LogP contribution >= 0.6 is 0 Å². The van der Waals surface area contributed by atoms with Crippen molar-refractivity contribution in [2.24, 2.45) is 0 Å². The van der Waals surface area contributed by atoms with Gasteiger partial charge in [-0.1, -0.05) is 30.3 Å². The van der Waals surface area contributed by atoms with Crippen molar-refractivity contribution < 1.29 is 14.2 Å². The van der Waals surface area contributed by atoms with E-state index in [2.05, 4.69) is 5.32 Å². The molecule has 2 N–H and O–H groups in total. The largest absolute Gasteiger partial charge is 0.457 e. The van der Waals surface area contributed by atoms with Gasteiger partial charge in [0.15, 0.2) is 6.29 Å². The molecule has 2 aromatic rings. The molecule has 2 aliphatic heterocycles. The second kappa shape index (κ2) is 4.31. The third-order valence-corrected chi connectivity index (χ3v) is 3.55. The van der Waals surface area contributed by atoms with Gasteiger partial charge in [0.1, 0.15) is 17.3 Å². The molecule has 106 valence electrons. The lowest BCUT2D eigenvalue weighted by Crippen LogP contribution is -2.57. The number of fused-ring (bicyclic) bond motifs is 2. The third-order valence-electron chi connectivity index (χ3n) is 3.55. The van der Waals surface area contributed by atoms with E-state index < -0.39 is 5.91 Å². The highest BCUT2D eigenvalue weighted by atomic mass is 16.9. The highest BCUT2D eigenvalue weighted by molar-refractivity contribution is 6.02. The first-order chi connectivity index (χ1) is 10.2. The predicted octanol–water partition coefficient (Wildman–Crippen LogP) is 2.91. The summed E-state index contributed by atoms with van der Waals surface area (Å²) in [4.78, 5) is 0. The first-order valence-electron chi connectivity index (χ1n) is 6.77. The maximum absolute atomic E-state index is 8.04. The monoisotopic (exact) mass is 282 g/mol. The molecule has 2 aliphatic rings. The molecular formula is C16H14N2O3. The van der Waals surface area contributed by atoms with E-state index >= 15 is 0 Å². The second-order valence-corrected chi connectivity index (χ2v) is 5.01. The fourth-order valence-electron chi connectivity index (χ4n) is 2.73. The van der Waals surface area contributed by atoms with E-state index in [1.54, 1.807) is 0 Å². The van der Waals surface area contributed by atoms with Gasteiger partial charge in [0.05, 0.1) is 5.56 Å². The first-order valence-corrected chi connectivity index (χ1v) is 6.77. The van der Waals surface area contributed by atoms with E-state index in [-0.39, 0.29) is 12.1 Å². The fourth-order valence-corrected chi connectivity index (χ4v) is 2.73. The number of para-hydroxylation sites is 1. The number of ether oxygens (including phenoxy) is 3. The average Bonchev–Trinajstić information content (AvgIpc) is 2.74. The van der Waals surface area contributed by atoms with Crippen molar-refractivity contribution >= 4 is 5.84 Å². The highest BCUT2D eigenvalue weighted by Crippen LogP contribution is 2.47. The van der Waals surface area contributed by atoms with Crippen molar-refractivity contribution in [3.05, 3.63) is 59.7 Å². The van der Waals surface area contributed by atoms with Crippen LogP contribution in [0.3, 0.4) is 0 Å². The Kier molecular flexibility index (Phi) is 2.54. The molecule has 1 saturated heterocycles. The zero-order valence-electron chi connectivity index (χ0n) is 11.4. The molecule has 0 aromatic heterocycles. The van der Waals surface area contributed by atoms with E-state index in [4.69, 9.17) is 19.6 Å². The van der Waals surface area contributed by atoms with Crippen molar-refractivity contribution in [3.63, 3.8) is 0 Å². The quantitative estimate of drug-likeness (QED) is 0.889. The molecule has 0 amide bonds. The number of hydrogen-bond acceptors (Lipinski definition) is 4. The minimum Gasteiger partial charge on any atom is -0.457 e. The molecule has 4 rings (SSSR count). The Hall–Kier alpha value is -2.37. The van der Waals surface area contributed by atoms with Crippen LogP contribution in [-0.4, -0.2) is 12.1 Å². The van der Waals surface area contributed by atoms with Gasteiger partial charge in [0, 0.05) is 5.56 Å². The van der Waals surface area contributed by atoms with Gasteiger partial charge in [-0.3, -0.25) is 14.9 Å². The summed E-state index contributed by atoms with van der Waals surface area (Å²) in [6.45, 7) is 1.81. The van der Waals surface area contributed by atoms with Crippen LogP contribution in [-0.2, 0) is 15.4 Å². The molecule has 2 aromatic carbocycles. The van der Waals surface area contributed by atoms with Gasteiger partial charge in [0.2, 0.25) is 0 Å². The smallest absolute Gasteiger partial charge is 0.287 e. The van der Waals surface area contributed by atoms with Gasteiger partial charge in [-0.05, 0) is 25.1 Å². The van der Waals surface area contributed by atoms with Crippen LogP contribution in [0.25, 0.3) is 0 Å². The lowest BCUT2D eigenvalue weighted by atomic mass is 10.1. The molecule has 1 spiro atoms. The Balaban J connectivity index is 1.78. The third kappa shape index (κ3) is 1.82. The molecule has 2 heterocycles. The molecule has 21 heavy (non-hydrogen) atoms. The molecule has 1 fully saturated rings. The maximum atomic E-state index is 8.04. The maximum Gasteiger partial charge on any atom is 0.287 e. The topological polar surface area (TPSA) is 63.6 Å². The Bertz CT molecular complexity index is 709. The van der Waals surface area contributed by atoms with E-state index in [0.717, 1.165) is 16.9 Å². The molecular weight excluding hydrogens is 268 g/mol. The first kappa shape index (κ1) is 12.4. The Morgan fingerprint density at radius 2 is 1.86 bits per heavy atom. The van der Waals surface area contributed by atoms with Gasteiger partial charge in [-0.15, -0.1) is 0 Å². The standard InChI is InChI=1S/C16H14N2O3/c1-10-20-16(21-10)14-12(15(17)18-16)8-5-9-13(14)19-11-6-3-2-4-7-11/h2-10H,1H3,(H2,17,18). The number of amidine groups is 1. The van der Waals surface area contributed by atoms with Crippen molar-refractivity contribution in [2.75, 3.05) is 0 Å². The van der Waals surface area contributed by atoms with E-state index in [9.17, 15) is 0 Å². The molecule has 0 saturated carbocycles. The van der Waals surface area contributed by atoms with Crippen molar-refractivity contribution in [2.45, 2.75) is 19.1 Å². The minimum atomic E-state index is -1.09. The summed E-state index contributed by atoms with van der Waals surface area (Å²) < 4.78 is 17.4. The second-order valence-electron chi connectivity index (χ2n) is 5.01. The van der Waals surface area contributed by atoms with Crippen molar-refractivity contribution in [1.29, 1.82) is 5.41 Å². The molecule has 0 unspecified atom stereocenters. The molecule has 5 nitrogen and oxygen atoms in total. The number of nitrogens with one attached hydrogen (secondary N) is 2. The van der Waals surface area contributed by atoms with Crippen molar-refractivity contribution in [3.8, 4) is 11.5 Å². The summed E-state index contributed by atoms with van der Waals surface area (Å²) in [5.74, 6) is 0.541. The van der Waals surface area contributed by atoms with E-state index in [0.29, 0.717) is 5.75 Å². The van der Waals surface area contributed by atoms with Gasteiger partial charge >= 0.3 is 0 Å². The van der Waals surface area contributed by atoms with Crippen LogP contribution < -0.4 is 10.1 Å². The predicted molar refractivity (Wildman–Crippen MR) is 76.2 cm³/mol. The molecule has 0 bridgehead atoms. The van der Waals surface area contributed by atoms with E-state index in [1.165, 1.54) is 0 Å². The van der Waals surface area contributed by atoms with Gasteiger partial charge < -0.3 is 10.1 Å². The molecule has 0 aliphatic carbocycles. The summed E-state index contributed by atoms with van der Waals surface area (Å²) in [5, 5.41) is 11.0. The average molecular weight is 282 g/mol. The minimum absolute atomic E-state index is 0.274. The lowest BCUT2D eigenvalue weighted by Gasteiger charge is -2.43. The van der Waals surface area contributed by atoms with Gasteiger partial charge in [-0.2, -0.15) is 0 Å². The highest BCUT2D eigenvalue weighted by Gasteiger charge is 2.55. The van der Waals surface area contributed by atoms with Crippen LogP contribution in [0.2, 0.25) is 0 Å². The van der Waals surface area contributed by atoms with Crippen LogP contribution in [0.4, 0.5) is 0 Å². The summed E-state index contributed by atoms with van der Waals surface area (Å²) in [6.07, 6.45) is -0.305. The normalized spacial score (nSPS) is 26.1. The van der Waals surface area contributed by atoms with Gasteiger partial charge in [0.25, 0.3) is 5.91 Å². The van der Waals surface area contributed by atoms with E-state index in [1.807, 2.05) is 55.5 Å². The fraction of sp³-hybridized carbons (Fsp3) is 0.188. The van der Waals surface area contributed by atoms with Gasteiger partial charge in [-0.25, -0.2) is 0 Å². The zero-order valence-corrected chi connectivity index (χ0v) is 11.4. The Morgan fingerprint density at radius 1 is 1.10 bits per heavy atom. The Labute approximate surface area is 122 Å². The Morgan fingerprint density at radius 3 is 2.57 bits per heavy atom. The van der Waals surface area contributed by atoms with Crippen LogP contribution in [0.1, 0.15) is 18.1 Å². The summed E-state index contributed by atoms with van der Waals surface area (Å²) >= 11 is 0. The molecule has 0 atom stereocenters. The number of benzene rings is 2. The summed E-state index contributed by atoms with van der Waals surface area (Å²) in [7, 11) is 0. The summed E-state index contributed by atoms with van der Waals surface area (Å²) in [5.41, 5.74) is 1.45. The van der Waals surface area contributed by atoms with Crippen LogP contribution in [0.5, 0.6) is 11.5 Å². The molecule has 5 heteroatoms. The number of hydrogen-bond donors (Lipinski definition) is 2. The zero-order chi connectivity index (χ0) is 14.4. The SMILES string of the molecule is CC1OC2(NC(=N)c3cccc(Oc4ccccc4)c32)O1. The van der Waals surface area contributed by atoms with Crippen LogP contribution in [0.15, 0.2) is 48.5 Å². The summed E-state index contributed by atoms with van der Waals surface area (Å²) in [6, 6.07) is 15.1. The lowest BCUT2D eigenvalue weighted by molar-refractivity contribution is -0.461. The number of rotatable bonds is 2. The van der Waals surface area contributed by atoms with Crippen LogP contribution in [0, 0.1) is 5.41 Å².